The molecule has 1 amide bonds. The number of rotatable bonds is 7. The highest BCUT2D eigenvalue weighted by molar-refractivity contribution is 6.00. The number of alkyl halides is 5. The fourth-order valence-electron chi connectivity index (χ4n) is 3.51. The van der Waals surface area contributed by atoms with E-state index in [1.165, 1.54) is 18.6 Å². The van der Waals surface area contributed by atoms with E-state index in [4.69, 9.17) is 4.74 Å². The van der Waals surface area contributed by atoms with Crippen LogP contribution in [0.15, 0.2) is 48.9 Å². The van der Waals surface area contributed by atoms with E-state index < -0.39 is 25.3 Å². The van der Waals surface area contributed by atoms with Gasteiger partial charge in [-0.3, -0.25) is 9.48 Å². The highest BCUT2D eigenvalue weighted by Gasteiger charge is 2.33. The van der Waals surface area contributed by atoms with Gasteiger partial charge >= 0.3 is 6.18 Å². The predicted molar refractivity (Wildman–Crippen MR) is 108 cm³/mol. The lowest BCUT2D eigenvalue weighted by Gasteiger charge is -2.16. The molecule has 0 aliphatic carbocycles. The summed E-state index contributed by atoms with van der Waals surface area (Å²) in [6.45, 7) is -0.800. The van der Waals surface area contributed by atoms with Crippen LogP contribution >= 0.6 is 0 Å². The molecule has 1 aromatic carbocycles. The Balaban J connectivity index is 1.44. The Kier molecular flexibility index (Phi) is 5.81. The molecule has 0 radical (unpaired) electrons. The lowest BCUT2D eigenvalue weighted by atomic mass is 10.1. The van der Waals surface area contributed by atoms with Crippen molar-refractivity contribution in [2.45, 2.75) is 38.7 Å². The summed E-state index contributed by atoms with van der Waals surface area (Å²) >= 11 is 0. The molecule has 3 heterocycles. The summed E-state index contributed by atoms with van der Waals surface area (Å²) in [5.74, 6) is -3.55. The summed E-state index contributed by atoms with van der Waals surface area (Å²) in [6.07, 6.45) is -0.273. The number of carbonyl (C=O) groups excluding carboxylic acids is 1. The average molecular weight is 466 g/mol. The molecule has 0 spiro atoms. The third-order valence-electron chi connectivity index (χ3n) is 4.96. The average Bonchev–Trinajstić information content (AvgIpc) is 3.30. The van der Waals surface area contributed by atoms with Crippen molar-refractivity contribution in [2.24, 2.45) is 0 Å². The van der Waals surface area contributed by atoms with Gasteiger partial charge in [0.15, 0.2) is 6.61 Å². The zero-order chi connectivity index (χ0) is 23.8. The lowest BCUT2D eigenvalue weighted by molar-refractivity contribution is -0.142. The molecule has 0 saturated heterocycles. The Morgan fingerprint density at radius 3 is 2.45 bits per heavy atom. The van der Waals surface area contributed by atoms with Crippen LogP contribution in [0.1, 0.15) is 28.4 Å². The number of fused-ring (bicyclic) bond motifs is 1. The summed E-state index contributed by atoms with van der Waals surface area (Å²) in [6, 6.07) is 8.64. The molecule has 6 nitrogen and oxygen atoms in total. The largest absolute Gasteiger partial charge is 0.471 e. The minimum atomic E-state index is -4.36. The van der Waals surface area contributed by atoms with E-state index in [2.05, 4.69) is 10.1 Å². The zero-order valence-electron chi connectivity index (χ0n) is 17.4. The molecule has 0 unspecified atom stereocenters. The Morgan fingerprint density at radius 1 is 1.06 bits per heavy atom. The number of hydrogen-bond acceptors (Lipinski definition) is 4. The highest BCUT2D eigenvalue weighted by Crippen LogP contribution is 2.31. The van der Waals surface area contributed by atoms with Gasteiger partial charge in [0, 0.05) is 38.0 Å². The number of pyridine rings is 1. The summed E-state index contributed by atoms with van der Waals surface area (Å²) in [4.78, 5) is 18.3. The van der Waals surface area contributed by atoms with Crippen LogP contribution in [0.2, 0.25) is 0 Å². The molecule has 0 atom stereocenters. The summed E-state index contributed by atoms with van der Waals surface area (Å²) in [5, 5.41) is 3.73. The van der Waals surface area contributed by atoms with Crippen LogP contribution in [0, 0.1) is 0 Å². The number of ether oxygens (including phenoxy) is 1. The maximum Gasteiger partial charge on any atom is 0.408 e. The minimum absolute atomic E-state index is 0.118. The first kappa shape index (κ1) is 22.7. The Morgan fingerprint density at radius 2 is 1.79 bits per heavy atom. The Hall–Kier alpha value is -3.50. The van der Waals surface area contributed by atoms with Crippen LogP contribution in [0.4, 0.5) is 22.0 Å². The molecule has 33 heavy (non-hydrogen) atoms. The first-order valence-electron chi connectivity index (χ1n) is 9.95. The van der Waals surface area contributed by atoms with E-state index >= 15 is 0 Å². The van der Waals surface area contributed by atoms with Gasteiger partial charge < -0.3 is 9.64 Å². The van der Waals surface area contributed by atoms with Crippen molar-refractivity contribution in [2.75, 3.05) is 6.61 Å². The summed E-state index contributed by atoms with van der Waals surface area (Å²) in [7, 11) is 0. The number of amides is 1. The van der Waals surface area contributed by atoms with Gasteiger partial charge in [-0.25, -0.2) is 13.8 Å². The van der Waals surface area contributed by atoms with Crippen LogP contribution in [-0.4, -0.2) is 44.3 Å². The second-order valence-corrected chi connectivity index (χ2v) is 7.91. The lowest BCUT2D eigenvalue weighted by Crippen LogP contribution is -2.25. The van der Waals surface area contributed by atoms with Gasteiger partial charge in [0.25, 0.3) is 11.8 Å². The van der Waals surface area contributed by atoms with Crippen LogP contribution < -0.4 is 4.74 Å². The first-order chi connectivity index (χ1) is 15.5. The van der Waals surface area contributed by atoms with Crippen molar-refractivity contribution in [3.05, 3.63) is 65.6 Å². The Bertz CT molecular complexity index is 1150. The molecular weight excluding hydrogens is 447 g/mol. The molecule has 0 N–H and O–H groups in total. The van der Waals surface area contributed by atoms with E-state index in [0.717, 1.165) is 17.2 Å². The van der Waals surface area contributed by atoms with Crippen molar-refractivity contribution in [1.82, 2.24) is 19.7 Å². The van der Waals surface area contributed by atoms with Gasteiger partial charge in [-0.15, -0.1) is 0 Å². The van der Waals surface area contributed by atoms with E-state index in [9.17, 15) is 26.7 Å². The quantitative estimate of drug-likeness (QED) is 0.474. The van der Waals surface area contributed by atoms with Crippen LogP contribution in [0.25, 0.3) is 11.1 Å². The van der Waals surface area contributed by atoms with Gasteiger partial charge in [0.1, 0.15) is 12.1 Å². The molecule has 0 bridgehead atoms. The molecule has 0 fully saturated rings. The van der Waals surface area contributed by atoms with Gasteiger partial charge in [-0.2, -0.15) is 18.3 Å². The van der Waals surface area contributed by atoms with Crippen molar-refractivity contribution in [3.63, 3.8) is 0 Å². The normalized spacial score (nSPS) is 14.0. The fourth-order valence-corrected chi connectivity index (χ4v) is 3.51. The van der Waals surface area contributed by atoms with Crippen LogP contribution in [0.3, 0.4) is 0 Å². The van der Waals surface area contributed by atoms with Crippen molar-refractivity contribution < 1.29 is 31.5 Å². The van der Waals surface area contributed by atoms with Gasteiger partial charge in [0.05, 0.1) is 6.20 Å². The van der Waals surface area contributed by atoms with E-state index in [0.29, 0.717) is 16.7 Å². The number of aromatic nitrogens is 3. The van der Waals surface area contributed by atoms with E-state index in [-0.39, 0.29) is 30.4 Å². The summed E-state index contributed by atoms with van der Waals surface area (Å²) in [5.41, 5.74) is 2.83. The number of nitrogens with zero attached hydrogens (tertiary/aromatic N) is 4. The number of benzene rings is 1. The molecule has 0 saturated carbocycles. The molecular formula is C22H19F5N4O2. The molecule has 4 rings (SSSR count). The van der Waals surface area contributed by atoms with E-state index in [1.54, 1.807) is 35.2 Å². The first-order valence-corrected chi connectivity index (χ1v) is 9.95. The molecule has 11 heteroatoms. The molecule has 2 aromatic heterocycles. The second-order valence-electron chi connectivity index (χ2n) is 7.91. The van der Waals surface area contributed by atoms with Crippen molar-refractivity contribution in [1.29, 1.82) is 0 Å². The zero-order valence-corrected chi connectivity index (χ0v) is 17.4. The number of hydrogen-bond donors (Lipinski definition) is 0. The topological polar surface area (TPSA) is 60.2 Å². The molecule has 3 aromatic rings. The maximum atomic E-state index is 13.1. The highest BCUT2D eigenvalue weighted by atomic mass is 19.4. The number of carbonyl (C=O) groups is 1. The molecule has 1 aliphatic rings. The fraction of sp³-hybridized carbons (Fsp3) is 0.318. The van der Waals surface area contributed by atoms with Gasteiger partial charge in [0.2, 0.25) is 5.88 Å². The third kappa shape index (κ3) is 5.47. The minimum Gasteiger partial charge on any atom is -0.471 e. The van der Waals surface area contributed by atoms with Crippen molar-refractivity contribution >= 4 is 5.91 Å². The maximum absolute atomic E-state index is 13.1. The van der Waals surface area contributed by atoms with Gasteiger partial charge in [-0.05, 0) is 22.8 Å². The second kappa shape index (κ2) is 8.45. The van der Waals surface area contributed by atoms with Gasteiger partial charge in [-0.1, -0.05) is 24.3 Å². The number of halogens is 5. The SMILES string of the molecule is CC(F)(F)COc1nccc2c1C(=O)N(Cc1ccc(-c3cnn(CC(F)(F)F)c3)cc1)C2. The van der Waals surface area contributed by atoms with E-state index in [1.807, 2.05) is 0 Å². The van der Waals surface area contributed by atoms with Crippen LogP contribution in [-0.2, 0) is 19.6 Å². The third-order valence-corrected chi connectivity index (χ3v) is 4.96. The molecule has 1 aliphatic heterocycles. The summed E-state index contributed by atoms with van der Waals surface area (Å²) < 4.78 is 69.7. The molecule has 174 valence electrons. The Labute approximate surface area is 185 Å². The standard InChI is InChI=1S/C22H19F5N4O2/c1-21(23,24)13-33-19-18-16(6-7-28-19)10-30(20(18)32)9-14-2-4-15(5-3-14)17-8-29-31(11-17)12-22(25,26)27/h2-8,11H,9-10,12-13H2,1H3. The van der Waals surface area contributed by atoms with Crippen LogP contribution in [0.5, 0.6) is 5.88 Å². The van der Waals surface area contributed by atoms with Crippen molar-refractivity contribution in [3.8, 4) is 17.0 Å². The predicted octanol–water partition coefficient (Wildman–Crippen LogP) is 4.70. The smallest absolute Gasteiger partial charge is 0.408 e. The monoisotopic (exact) mass is 466 g/mol.